The zero-order chi connectivity index (χ0) is 11.5. The van der Waals surface area contributed by atoms with E-state index in [1.54, 1.807) is 6.07 Å². The summed E-state index contributed by atoms with van der Waals surface area (Å²) in [7, 11) is 0. The van der Waals surface area contributed by atoms with Gasteiger partial charge in [-0.05, 0) is 43.4 Å². The first-order chi connectivity index (χ1) is 7.65. The zero-order valence-corrected chi connectivity index (χ0v) is 9.61. The van der Waals surface area contributed by atoms with Gasteiger partial charge >= 0.3 is 0 Å². The fraction of sp³-hybridized carbons (Fsp3) is 0.385. The van der Waals surface area contributed by atoms with Crippen LogP contribution in [-0.2, 0) is 6.42 Å². The summed E-state index contributed by atoms with van der Waals surface area (Å²) in [5, 5.41) is 0.0917. The Balaban J connectivity index is 2.11. The van der Waals surface area contributed by atoms with Crippen LogP contribution in [0.4, 0.5) is 8.78 Å². The third kappa shape index (κ3) is 2.82. The van der Waals surface area contributed by atoms with Crippen molar-refractivity contribution in [1.29, 1.82) is 0 Å². The van der Waals surface area contributed by atoms with Crippen LogP contribution < -0.4 is 0 Å². The van der Waals surface area contributed by atoms with Crippen LogP contribution in [0.2, 0.25) is 0 Å². The molecule has 1 aromatic rings. The van der Waals surface area contributed by atoms with Crippen molar-refractivity contribution in [2.75, 3.05) is 0 Å². The Hall–Kier alpha value is -0.890. The van der Waals surface area contributed by atoms with Gasteiger partial charge in [0.05, 0.1) is 5.38 Å². The van der Waals surface area contributed by atoms with E-state index in [0.29, 0.717) is 6.42 Å². The molecule has 1 aromatic carbocycles. The Morgan fingerprint density at radius 3 is 2.75 bits per heavy atom. The van der Waals surface area contributed by atoms with Crippen LogP contribution in [-0.4, -0.2) is 5.38 Å². The predicted octanol–water partition coefficient (Wildman–Crippen LogP) is 4.23. The molecule has 0 aromatic heterocycles. The smallest absolute Gasteiger partial charge is 0.159 e. The molecule has 0 spiro atoms. The highest BCUT2D eigenvalue weighted by Crippen LogP contribution is 2.24. The molecule has 1 unspecified atom stereocenters. The van der Waals surface area contributed by atoms with Crippen molar-refractivity contribution >= 4 is 11.6 Å². The summed E-state index contributed by atoms with van der Waals surface area (Å²) < 4.78 is 25.7. The number of halogens is 3. The van der Waals surface area contributed by atoms with Crippen LogP contribution in [0, 0.1) is 11.6 Å². The summed E-state index contributed by atoms with van der Waals surface area (Å²) in [6, 6.07) is 4.05. The fourth-order valence-electron chi connectivity index (χ4n) is 2.01. The van der Waals surface area contributed by atoms with Crippen molar-refractivity contribution in [2.24, 2.45) is 0 Å². The number of hydrogen-bond acceptors (Lipinski definition) is 0. The molecule has 0 heterocycles. The summed E-state index contributed by atoms with van der Waals surface area (Å²) in [6.07, 6.45) is 5.78. The highest BCUT2D eigenvalue weighted by molar-refractivity contribution is 6.21. The normalized spacial score (nSPS) is 20.7. The molecule has 16 heavy (non-hydrogen) atoms. The maximum absolute atomic E-state index is 13.0. The third-order valence-electron chi connectivity index (χ3n) is 2.81. The number of hydrogen-bond donors (Lipinski definition) is 0. The van der Waals surface area contributed by atoms with Crippen molar-refractivity contribution in [3.05, 3.63) is 47.0 Å². The largest absolute Gasteiger partial charge is 0.204 e. The zero-order valence-electron chi connectivity index (χ0n) is 8.85. The molecule has 0 radical (unpaired) electrons. The van der Waals surface area contributed by atoms with Gasteiger partial charge in [0, 0.05) is 0 Å². The second kappa shape index (κ2) is 4.96. The van der Waals surface area contributed by atoms with Crippen molar-refractivity contribution in [3.8, 4) is 0 Å². The number of rotatable bonds is 2. The lowest BCUT2D eigenvalue weighted by molar-refractivity contribution is 0.507. The van der Waals surface area contributed by atoms with Gasteiger partial charge in [0.2, 0.25) is 0 Å². The monoisotopic (exact) mass is 242 g/mol. The highest BCUT2D eigenvalue weighted by Gasteiger charge is 2.12. The summed E-state index contributed by atoms with van der Waals surface area (Å²) in [6.45, 7) is 0. The molecule has 0 fully saturated rings. The van der Waals surface area contributed by atoms with Crippen molar-refractivity contribution in [2.45, 2.75) is 31.1 Å². The molecular formula is C13H13ClF2. The maximum Gasteiger partial charge on any atom is 0.159 e. The standard InChI is InChI=1S/C13H13ClF2/c14-11-3-1-2-9(7-11)6-10-4-5-12(15)13(16)8-10/h4-5,7-8,11H,1-3,6H2. The topological polar surface area (TPSA) is 0 Å². The quantitative estimate of drug-likeness (QED) is 0.538. The van der Waals surface area contributed by atoms with E-state index >= 15 is 0 Å². The van der Waals surface area contributed by atoms with E-state index < -0.39 is 11.6 Å². The van der Waals surface area contributed by atoms with E-state index in [2.05, 4.69) is 0 Å². The van der Waals surface area contributed by atoms with E-state index in [-0.39, 0.29) is 5.38 Å². The molecule has 0 saturated carbocycles. The Labute approximate surface area is 98.9 Å². The maximum atomic E-state index is 13.0. The number of allylic oxidation sites excluding steroid dienone is 2. The average Bonchev–Trinajstić information content (AvgIpc) is 2.24. The summed E-state index contributed by atoms with van der Waals surface area (Å²) in [5.74, 6) is -1.58. The molecule has 1 atom stereocenters. The molecule has 0 N–H and O–H groups in total. The molecule has 0 nitrogen and oxygen atoms in total. The molecule has 0 bridgehead atoms. The van der Waals surface area contributed by atoms with Gasteiger partial charge < -0.3 is 0 Å². The molecule has 0 saturated heterocycles. The van der Waals surface area contributed by atoms with Crippen LogP contribution in [0.15, 0.2) is 29.8 Å². The first kappa shape index (κ1) is 11.6. The van der Waals surface area contributed by atoms with E-state index in [1.807, 2.05) is 6.08 Å². The van der Waals surface area contributed by atoms with Gasteiger partial charge in [-0.3, -0.25) is 0 Å². The van der Waals surface area contributed by atoms with Gasteiger partial charge in [-0.2, -0.15) is 0 Å². The SMILES string of the molecule is Fc1ccc(CC2=CC(Cl)CCC2)cc1F. The molecule has 0 aliphatic heterocycles. The van der Waals surface area contributed by atoms with E-state index in [1.165, 1.54) is 17.7 Å². The first-order valence-electron chi connectivity index (χ1n) is 5.43. The van der Waals surface area contributed by atoms with Crippen LogP contribution in [0.25, 0.3) is 0 Å². The Morgan fingerprint density at radius 2 is 2.06 bits per heavy atom. The third-order valence-corrected chi connectivity index (χ3v) is 3.15. The number of alkyl halides is 1. The molecule has 2 rings (SSSR count). The van der Waals surface area contributed by atoms with Crippen molar-refractivity contribution in [1.82, 2.24) is 0 Å². The number of benzene rings is 1. The van der Waals surface area contributed by atoms with Crippen molar-refractivity contribution < 1.29 is 8.78 Å². The van der Waals surface area contributed by atoms with E-state index in [4.69, 9.17) is 11.6 Å². The van der Waals surface area contributed by atoms with E-state index in [0.717, 1.165) is 24.8 Å². The molecule has 3 heteroatoms. The molecule has 1 aliphatic rings. The predicted molar refractivity (Wildman–Crippen MR) is 61.6 cm³/mol. The van der Waals surface area contributed by atoms with Gasteiger partial charge in [0.1, 0.15) is 0 Å². The Bertz CT molecular complexity index is 412. The Morgan fingerprint density at radius 1 is 1.25 bits per heavy atom. The lowest BCUT2D eigenvalue weighted by atomic mass is 9.94. The average molecular weight is 243 g/mol. The summed E-state index contributed by atoms with van der Waals surface area (Å²) >= 11 is 6.02. The van der Waals surface area contributed by atoms with Crippen molar-refractivity contribution in [3.63, 3.8) is 0 Å². The molecule has 1 aliphatic carbocycles. The first-order valence-corrected chi connectivity index (χ1v) is 5.86. The van der Waals surface area contributed by atoms with Gasteiger partial charge in [-0.25, -0.2) is 8.78 Å². The van der Waals surface area contributed by atoms with Crippen LogP contribution in [0.5, 0.6) is 0 Å². The Kier molecular flexibility index (Phi) is 3.59. The minimum atomic E-state index is -0.795. The summed E-state index contributed by atoms with van der Waals surface area (Å²) in [5.41, 5.74) is 2.02. The molecular weight excluding hydrogens is 230 g/mol. The minimum Gasteiger partial charge on any atom is -0.204 e. The van der Waals surface area contributed by atoms with Crippen LogP contribution >= 0.6 is 11.6 Å². The van der Waals surface area contributed by atoms with Crippen LogP contribution in [0.3, 0.4) is 0 Å². The second-order valence-electron chi connectivity index (χ2n) is 4.16. The van der Waals surface area contributed by atoms with Gasteiger partial charge in [0.25, 0.3) is 0 Å². The van der Waals surface area contributed by atoms with Gasteiger partial charge in [-0.15, -0.1) is 11.6 Å². The van der Waals surface area contributed by atoms with Gasteiger partial charge in [-0.1, -0.05) is 17.7 Å². The van der Waals surface area contributed by atoms with Gasteiger partial charge in [0.15, 0.2) is 11.6 Å². The lowest BCUT2D eigenvalue weighted by Crippen LogP contribution is -2.05. The van der Waals surface area contributed by atoms with Crippen LogP contribution in [0.1, 0.15) is 24.8 Å². The summed E-state index contributed by atoms with van der Waals surface area (Å²) in [4.78, 5) is 0. The highest BCUT2D eigenvalue weighted by atomic mass is 35.5. The lowest BCUT2D eigenvalue weighted by Gasteiger charge is -2.16. The minimum absolute atomic E-state index is 0.0917. The molecule has 86 valence electrons. The fourth-order valence-corrected chi connectivity index (χ4v) is 2.34. The second-order valence-corrected chi connectivity index (χ2v) is 4.72. The molecule has 0 amide bonds. The van der Waals surface area contributed by atoms with E-state index in [9.17, 15) is 8.78 Å².